The molecule has 0 fully saturated rings. The van der Waals surface area contributed by atoms with Gasteiger partial charge in [0.15, 0.2) is 5.78 Å². The van der Waals surface area contributed by atoms with Gasteiger partial charge in [-0.1, -0.05) is 6.42 Å². The van der Waals surface area contributed by atoms with Gasteiger partial charge in [0.1, 0.15) is 11.6 Å². The number of carbonyl (C=O) groups excluding carboxylic acids is 2. The molecule has 1 aromatic rings. The number of unbranched alkanes of at least 4 members (excludes halogenated alkanes) is 2. The van der Waals surface area contributed by atoms with Crippen LogP contribution in [0.3, 0.4) is 0 Å². The lowest BCUT2D eigenvalue weighted by Crippen LogP contribution is -2.26. The molecule has 0 unspecified atom stereocenters. The molecule has 0 saturated carbocycles. The molecule has 0 spiro atoms. The van der Waals surface area contributed by atoms with Crippen LogP contribution in [0.25, 0.3) is 0 Å². The van der Waals surface area contributed by atoms with E-state index in [2.05, 4.69) is 10.6 Å². The average Bonchev–Trinajstić information content (AvgIpc) is 2.58. The summed E-state index contributed by atoms with van der Waals surface area (Å²) in [5.41, 5.74) is 1.16. The molecule has 0 aliphatic carbocycles. The second-order valence-electron chi connectivity index (χ2n) is 5.41. The van der Waals surface area contributed by atoms with Gasteiger partial charge in [-0.15, -0.1) is 0 Å². The van der Waals surface area contributed by atoms with E-state index < -0.39 is 11.9 Å². The summed E-state index contributed by atoms with van der Waals surface area (Å²) in [4.78, 5) is 33.5. The number of carboxylic acid groups (broad SMARTS) is 1. The fourth-order valence-corrected chi connectivity index (χ4v) is 1.98. The van der Waals surface area contributed by atoms with Crippen LogP contribution >= 0.6 is 0 Å². The summed E-state index contributed by atoms with van der Waals surface area (Å²) in [7, 11) is 0. The summed E-state index contributed by atoms with van der Waals surface area (Å²) < 4.78 is 0. The van der Waals surface area contributed by atoms with Crippen LogP contribution in [0.15, 0.2) is 36.0 Å². The zero-order valence-corrected chi connectivity index (χ0v) is 14.0. The molecule has 0 aromatic heterocycles. The van der Waals surface area contributed by atoms with Crippen LogP contribution in [0, 0.1) is 11.3 Å². The second kappa shape index (κ2) is 10.6. The Morgan fingerprint density at radius 3 is 2.40 bits per heavy atom. The van der Waals surface area contributed by atoms with Crippen molar-refractivity contribution in [1.82, 2.24) is 5.32 Å². The van der Waals surface area contributed by atoms with E-state index in [1.54, 1.807) is 24.3 Å². The Bertz CT molecular complexity index is 687. The Hall–Kier alpha value is -3.14. The summed E-state index contributed by atoms with van der Waals surface area (Å²) in [5, 5.41) is 23.0. The van der Waals surface area contributed by atoms with Crippen LogP contribution in [-0.2, 0) is 9.59 Å². The van der Waals surface area contributed by atoms with Crippen LogP contribution < -0.4 is 10.6 Å². The number of hydrogen-bond donors (Lipinski definition) is 3. The lowest BCUT2D eigenvalue weighted by molar-refractivity contribution is -0.137. The number of anilines is 1. The highest BCUT2D eigenvalue weighted by Gasteiger charge is 2.08. The first-order valence-electron chi connectivity index (χ1n) is 7.92. The van der Waals surface area contributed by atoms with Crippen LogP contribution in [0.1, 0.15) is 43.0 Å². The third-order valence-corrected chi connectivity index (χ3v) is 3.39. The molecule has 0 heterocycles. The number of Topliss-reactive ketones (excluding diaryl/α,β-unsaturated/α-hetero) is 1. The Kier molecular flexibility index (Phi) is 8.44. The summed E-state index contributed by atoms with van der Waals surface area (Å²) in [6.45, 7) is 1.85. The molecule has 7 heteroatoms. The molecule has 7 nitrogen and oxygen atoms in total. The predicted octanol–water partition coefficient (Wildman–Crippen LogP) is 2.47. The highest BCUT2D eigenvalue weighted by atomic mass is 16.4. The lowest BCUT2D eigenvalue weighted by Gasteiger charge is -2.05. The van der Waals surface area contributed by atoms with Gasteiger partial charge in [0.25, 0.3) is 5.91 Å². The number of rotatable bonds is 10. The molecule has 0 radical (unpaired) electrons. The molecular weight excluding hydrogens is 322 g/mol. The van der Waals surface area contributed by atoms with Crippen molar-refractivity contribution in [3.63, 3.8) is 0 Å². The third kappa shape index (κ3) is 7.79. The van der Waals surface area contributed by atoms with E-state index >= 15 is 0 Å². The van der Waals surface area contributed by atoms with Crippen LogP contribution in [0.4, 0.5) is 5.69 Å². The zero-order valence-electron chi connectivity index (χ0n) is 14.0. The lowest BCUT2D eigenvalue weighted by atomic mass is 10.1. The number of hydrogen-bond acceptors (Lipinski definition) is 5. The normalized spacial score (nSPS) is 10.6. The Balaban J connectivity index is 2.44. The maximum absolute atomic E-state index is 11.9. The first-order valence-corrected chi connectivity index (χ1v) is 7.92. The zero-order chi connectivity index (χ0) is 18.7. The smallest absolute Gasteiger partial charge is 0.303 e. The molecule has 132 valence electrons. The number of nitriles is 1. The highest BCUT2D eigenvalue weighted by Crippen LogP contribution is 2.10. The molecule has 1 aromatic carbocycles. The molecule has 1 amide bonds. The fraction of sp³-hybridized carbons (Fsp3) is 0.333. The monoisotopic (exact) mass is 343 g/mol. The van der Waals surface area contributed by atoms with E-state index in [1.807, 2.05) is 6.07 Å². The number of nitrogens with zero attached hydrogens (tertiary/aromatic N) is 1. The summed E-state index contributed by atoms with van der Waals surface area (Å²) >= 11 is 0. The quantitative estimate of drug-likeness (QED) is 0.260. The van der Waals surface area contributed by atoms with Gasteiger partial charge in [-0.05, 0) is 44.0 Å². The predicted molar refractivity (Wildman–Crippen MR) is 92.9 cm³/mol. The first-order chi connectivity index (χ1) is 11.9. The SMILES string of the molecule is CC(=O)c1ccc(N/C=C(/C#N)C(=O)NCCCCCC(=O)O)cc1. The van der Waals surface area contributed by atoms with Crippen LogP contribution in [0.2, 0.25) is 0 Å². The van der Waals surface area contributed by atoms with Crippen molar-refractivity contribution in [2.45, 2.75) is 32.6 Å². The van der Waals surface area contributed by atoms with E-state index in [9.17, 15) is 14.4 Å². The van der Waals surface area contributed by atoms with Crippen molar-refractivity contribution in [3.05, 3.63) is 41.6 Å². The minimum absolute atomic E-state index is 0.0393. The summed E-state index contributed by atoms with van der Waals surface area (Å²) in [6, 6.07) is 8.50. The molecule has 25 heavy (non-hydrogen) atoms. The van der Waals surface area contributed by atoms with Gasteiger partial charge >= 0.3 is 5.97 Å². The van der Waals surface area contributed by atoms with E-state index in [1.165, 1.54) is 13.1 Å². The second-order valence-corrected chi connectivity index (χ2v) is 5.41. The van der Waals surface area contributed by atoms with Gasteiger partial charge in [0.2, 0.25) is 0 Å². The standard InChI is InChI=1S/C18H21N3O4/c1-13(22)14-6-8-16(9-7-14)21-12-15(11-19)18(25)20-10-4-2-3-5-17(23)24/h6-9,12,21H,2-5,10H2,1H3,(H,20,25)(H,23,24)/b15-12-. The van der Waals surface area contributed by atoms with E-state index in [4.69, 9.17) is 10.4 Å². The fourth-order valence-electron chi connectivity index (χ4n) is 1.98. The molecule has 0 bridgehead atoms. The molecule has 0 aliphatic rings. The topological polar surface area (TPSA) is 119 Å². The number of ketones is 1. The molecule has 0 atom stereocenters. The minimum atomic E-state index is -0.832. The van der Waals surface area contributed by atoms with E-state index in [-0.39, 0.29) is 17.8 Å². The van der Waals surface area contributed by atoms with E-state index in [0.717, 1.165) is 0 Å². The molecule has 0 saturated heterocycles. The number of benzene rings is 1. The van der Waals surface area contributed by atoms with Gasteiger partial charge in [0, 0.05) is 30.4 Å². The number of carbonyl (C=O) groups is 3. The van der Waals surface area contributed by atoms with Gasteiger partial charge in [-0.2, -0.15) is 5.26 Å². The van der Waals surface area contributed by atoms with Gasteiger partial charge < -0.3 is 15.7 Å². The highest BCUT2D eigenvalue weighted by molar-refractivity contribution is 5.97. The third-order valence-electron chi connectivity index (χ3n) is 3.39. The summed E-state index contributed by atoms with van der Waals surface area (Å²) in [5.74, 6) is -1.36. The largest absolute Gasteiger partial charge is 0.481 e. The number of nitrogens with one attached hydrogen (secondary N) is 2. The van der Waals surface area contributed by atoms with Crippen molar-refractivity contribution in [3.8, 4) is 6.07 Å². The number of amides is 1. The van der Waals surface area contributed by atoms with Crippen molar-refractivity contribution in [1.29, 1.82) is 5.26 Å². The maximum atomic E-state index is 11.9. The molecular formula is C18H21N3O4. The minimum Gasteiger partial charge on any atom is -0.481 e. The van der Waals surface area contributed by atoms with Crippen molar-refractivity contribution >= 4 is 23.3 Å². The number of aliphatic carboxylic acids is 1. The maximum Gasteiger partial charge on any atom is 0.303 e. The van der Waals surface area contributed by atoms with Crippen molar-refractivity contribution in [2.75, 3.05) is 11.9 Å². The molecule has 3 N–H and O–H groups in total. The molecule has 0 aliphatic heterocycles. The van der Waals surface area contributed by atoms with Crippen molar-refractivity contribution in [2.24, 2.45) is 0 Å². The van der Waals surface area contributed by atoms with Gasteiger partial charge in [-0.3, -0.25) is 14.4 Å². The van der Waals surface area contributed by atoms with Gasteiger partial charge in [-0.25, -0.2) is 0 Å². The number of carboxylic acids is 1. The Morgan fingerprint density at radius 2 is 1.84 bits per heavy atom. The average molecular weight is 343 g/mol. The van der Waals surface area contributed by atoms with Crippen LogP contribution in [0.5, 0.6) is 0 Å². The molecule has 1 rings (SSSR count). The summed E-state index contributed by atoms with van der Waals surface area (Å²) in [6.07, 6.45) is 3.33. The Morgan fingerprint density at radius 1 is 1.16 bits per heavy atom. The first kappa shape index (κ1) is 19.9. The van der Waals surface area contributed by atoms with E-state index in [0.29, 0.717) is 37.1 Å². The van der Waals surface area contributed by atoms with Crippen LogP contribution in [-0.4, -0.2) is 29.3 Å². The van der Waals surface area contributed by atoms with Crippen molar-refractivity contribution < 1.29 is 19.5 Å². The van der Waals surface area contributed by atoms with Gasteiger partial charge in [0.05, 0.1) is 0 Å². The Labute approximate surface area is 146 Å².